The van der Waals surface area contributed by atoms with Gasteiger partial charge in [-0.1, -0.05) is 13.8 Å². The molecule has 0 aliphatic rings. The van der Waals surface area contributed by atoms with Crippen LogP contribution in [0.25, 0.3) is 0 Å². The van der Waals surface area contributed by atoms with Gasteiger partial charge in [0.05, 0.1) is 5.75 Å². The van der Waals surface area contributed by atoms with Crippen LogP contribution < -0.4 is 4.72 Å². The van der Waals surface area contributed by atoms with Gasteiger partial charge in [0.2, 0.25) is 10.0 Å². The molecular weight excluding hydrogens is 206 g/mol. The van der Waals surface area contributed by atoms with E-state index in [9.17, 15) is 8.42 Å². The maximum atomic E-state index is 11.2. The van der Waals surface area contributed by atoms with Crippen molar-refractivity contribution in [3.05, 3.63) is 0 Å². The van der Waals surface area contributed by atoms with E-state index in [2.05, 4.69) is 4.72 Å². The van der Waals surface area contributed by atoms with Crippen molar-refractivity contribution >= 4 is 21.8 Å². The highest BCUT2D eigenvalue weighted by Gasteiger charge is 2.09. The minimum absolute atomic E-state index is 0.235. The van der Waals surface area contributed by atoms with Crippen LogP contribution >= 0.6 is 11.8 Å². The Hall–Kier alpha value is 0.260. The SMILES string of the molecule is CCCS(=O)(=O)NCC(C)CSC. The first-order chi connectivity index (χ1) is 6.02. The molecule has 0 aromatic heterocycles. The van der Waals surface area contributed by atoms with E-state index in [4.69, 9.17) is 0 Å². The lowest BCUT2D eigenvalue weighted by Gasteiger charge is -2.10. The van der Waals surface area contributed by atoms with Gasteiger partial charge in [-0.25, -0.2) is 13.1 Å². The molecule has 3 nitrogen and oxygen atoms in total. The number of rotatable bonds is 7. The highest BCUT2D eigenvalue weighted by molar-refractivity contribution is 7.98. The van der Waals surface area contributed by atoms with Crippen molar-refractivity contribution in [3.63, 3.8) is 0 Å². The summed E-state index contributed by atoms with van der Waals surface area (Å²) in [6, 6.07) is 0. The van der Waals surface area contributed by atoms with Crippen LogP contribution in [-0.4, -0.2) is 32.7 Å². The van der Waals surface area contributed by atoms with E-state index in [-0.39, 0.29) is 5.75 Å². The monoisotopic (exact) mass is 225 g/mol. The lowest BCUT2D eigenvalue weighted by molar-refractivity contribution is 0.561. The first-order valence-corrected chi connectivity index (χ1v) is 7.52. The number of sulfonamides is 1. The Kier molecular flexibility index (Phi) is 6.81. The molecule has 0 spiro atoms. The molecule has 0 aromatic rings. The average molecular weight is 225 g/mol. The maximum Gasteiger partial charge on any atom is 0.211 e. The standard InChI is InChI=1S/C8H19NO2S2/c1-4-5-13(10,11)9-6-8(2)7-12-3/h8-9H,4-7H2,1-3H3. The van der Waals surface area contributed by atoms with E-state index < -0.39 is 10.0 Å². The molecule has 1 N–H and O–H groups in total. The number of thioether (sulfide) groups is 1. The van der Waals surface area contributed by atoms with Crippen LogP contribution in [0.15, 0.2) is 0 Å². The molecule has 5 heteroatoms. The van der Waals surface area contributed by atoms with Crippen LogP contribution in [0.5, 0.6) is 0 Å². The van der Waals surface area contributed by atoms with E-state index in [0.29, 0.717) is 18.9 Å². The Morgan fingerprint density at radius 3 is 2.54 bits per heavy atom. The van der Waals surface area contributed by atoms with Gasteiger partial charge in [-0.05, 0) is 24.3 Å². The molecule has 80 valence electrons. The first-order valence-electron chi connectivity index (χ1n) is 4.48. The molecule has 0 heterocycles. The fourth-order valence-corrected chi connectivity index (χ4v) is 2.86. The highest BCUT2D eigenvalue weighted by Crippen LogP contribution is 2.03. The third-order valence-corrected chi connectivity index (χ3v) is 4.03. The van der Waals surface area contributed by atoms with Gasteiger partial charge in [-0.3, -0.25) is 0 Å². The van der Waals surface area contributed by atoms with Gasteiger partial charge in [0, 0.05) is 6.54 Å². The van der Waals surface area contributed by atoms with Crippen LogP contribution in [0.3, 0.4) is 0 Å². The zero-order valence-electron chi connectivity index (χ0n) is 8.54. The van der Waals surface area contributed by atoms with E-state index >= 15 is 0 Å². The van der Waals surface area contributed by atoms with Gasteiger partial charge in [0.15, 0.2) is 0 Å². The quantitative estimate of drug-likeness (QED) is 0.711. The number of hydrogen-bond acceptors (Lipinski definition) is 3. The summed E-state index contributed by atoms with van der Waals surface area (Å²) in [5, 5.41) is 0. The van der Waals surface area contributed by atoms with Gasteiger partial charge >= 0.3 is 0 Å². The summed E-state index contributed by atoms with van der Waals surface area (Å²) in [6.07, 6.45) is 2.70. The normalized spacial score (nSPS) is 14.4. The lowest BCUT2D eigenvalue weighted by Crippen LogP contribution is -2.30. The second kappa shape index (κ2) is 6.68. The Bertz CT molecular complexity index is 214. The third kappa shape index (κ3) is 7.34. The Morgan fingerprint density at radius 1 is 1.46 bits per heavy atom. The van der Waals surface area contributed by atoms with Crippen molar-refractivity contribution in [2.24, 2.45) is 5.92 Å². The van der Waals surface area contributed by atoms with Gasteiger partial charge < -0.3 is 0 Å². The first kappa shape index (κ1) is 13.3. The molecule has 0 aromatic carbocycles. The van der Waals surface area contributed by atoms with E-state index in [1.807, 2.05) is 20.1 Å². The molecule has 1 unspecified atom stereocenters. The predicted octanol–water partition coefficient (Wildman–Crippen LogP) is 1.31. The summed E-state index contributed by atoms with van der Waals surface area (Å²) in [5.74, 6) is 1.63. The van der Waals surface area contributed by atoms with Crippen molar-refractivity contribution in [1.82, 2.24) is 4.72 Å². The van der Waals surface area contributed by atoms with E-state index in [1.54, 1.807) is 11.8 Å². The molecule has 0 saturated heterocycles. The van der Waals surface area contributed by atoms with Gasteiger partial charge in [0.25, 0.3) is 0 Å². The molecule has 0 aliphatic carbocycles. The van der Waals surface area contributed by atoms with Crippen LogP contribution in [-0.2, 0) is 10.0 Å². The Balaban J connectivity index is 3.74. The topological polar surface area (TPSA) is 46.2 Å². The van der Waals surface area contributed by atoms with Gasteiger partial charge in [-0.15, -0.1) is 0 Å². The summed E-state index contributed by atoms with van der Waals surface area (Å²) >= 11 is 1.74. The summed E-state index contributed by atoms with van der Waals surface area (Å²) in [5.41, 5.74) is 0. The van der Waals surface area contributed by atoms with Crippen LogP contribution in [0.4, 0.5) is 0 Å². The largest absolute Gasteiger partial charge is 0.215 e. The average Bonchev–Trinajstić information content (AvgIpc) is 2.02. The molecule has 0 bridgehead atoms. The minimum atomic E-state index is -3.00. The Labute approximate surface area is 85.7 Å². The fraction of sp³-hybridized carbons (Fsp3) is 1.00. The summed E-state index contributed by atoms with van der Waals surface area (Å²) in [7, 11) is -3.00. The second-order valence-electron chi connectivity index (χ2n) is 3.23. The zero-order valence-corrected chi connectivity index (χ0v) is 10.2. The van der Waals surface area contributed by atoms with Crippen LogP contribution in [0.1, 0.15) is 20.3 Å². The van der Waals surface area contributed by atoms with E-state index in [1.165, 1.54) is 0 Å². The van der Waals surface area contributed by atoms with Crippen molar-refractivity contribution in [3.8, 4) is 0 Å². The fourth-order valence-electron chi connectivity index (χ4n) is 0.954. The number of hydrogen-bond donors (Lipinski definition) is 1. The molecule has 0 aliphatic heterocycles. The highest BCUT2D eigenvalue weighted by atomic mass is 32.2. The molecular formula is C8H19NO2S2. The lowest BCUT2D eigenvalue weighted by atomic mass is 10.2. The molecule has 0 saturated carbocycles. The van der Waals surface area contributed by atoms with Crippen molar-refractivity contribution in [1.29, 1.82) is 0 Å². The van der Waals surface area contributed by atoms with Gasteiger partial charge in [-0.2, -0.15) is 11.8 Å². The van der Waals surface area contributed by atoms with Gasteiger partial charge in [0.1, 0.15) is 0 Å². The molecule has 1 atom stereocenters. The smallest absolute Gasteiger partial charge is 0.211 e. The minimum Gasteiger partial charge on any atom is -0.215 e. The summed E-state index contributed by atoms with van der Waals surface area (Å²) in [4.78, 5) is 0. The second-order valence-corrected chi connectivity index (χ2v) is 6.06. The van der Waals surface area contributed by atoms with E-state index in [0.717, 1.165) is 5.75 Å². The third-order valence-electron chi connectivity index (χ3n) is 1.58. The zero-order chi connectivity index (χ0) is 10.3. The van der Waals surface area contributed by atoms with Crippen LogP contribution in [0.2, 0.25) is 0 Å². The molecule has 13 heavy (non-hydrogen) atoms. The molecule has 0 fully saturated rings. The summed E-state index contributed by atoms with van der Waals surface area (Å²) < 4.78 is 25.0. The molecule has 0 rings (SSSR count). The van der Waals surface area contributed by atoms with Crippen LogP contribution in [0, 0.1) is 5.92 Å². The molecule has 0 amide bonds. The number of nitrogens with one attached hydrogen (secondary N) is 1. The maximum absolute atomic E-state index is 11.2. The van der Waals surface area contributed by atoms with Crippen molar-refractivity contribution < 1.29 is 8.42 Å². The van der Waals surface area contributed by atoms with Crippen molar-refractivity contribution in [2.75, 3.05) is 24.3 Å². The summed E-state index contributed by atoms with van der Waals surface area (Å²) in [6.45, 7) is 4.47. The van der Waals surface area contributed by atoms with Crippen molar-refractivity contribution in [2.45, 2.75) is 20.3 Å². The molecule has 0 radical (unpaired) electrons. The Morgan fingerprint density at radius 2 is 2.08 bits per heavy atom. The predicted molar refractivity (Wildman–Crippen MR) is 59.6 cm³/mol.